The molecule has 1 aromatic rings. The summed E-state index contributed by atoms with van der Waals surface area (Å²) in [6.45, 7) is 5.42. The van der Waals surface area contributed by atoms with Gasteiger partial charge in [0.2, 0.25) is 0 Å². The van der Waals surface area contributed by atoms with E-state index in [9.17, 15) is 4.79 Å². The van der Waals surface area contributed by atoms with Crippen molar-refractivity contribution in [3.63, 3.8) is 0 Å². The quantitative estimate of drug-likeness (QED) is 0.913. The molecule has 1 aliphatic carbocycles. The minimum Gasteiger partial charge on any atom is -0.354 e. The highest BCUT2D eigenvalue weighted by molar-refractivity contribution is 5.96. The fourth-order valence-corrected chi connectivity index (χ4v) is 3.18. The Hall–Kier alpha value is -1.29. The van der Waals surface area contributed by atoms with Crippen molar-refractivity contribution >= 4 is 5.91 Å². The van der Waals surface area contributed by atoms with Crippen molar-refractivity contribution in [2.75, 3.05) is 19.6 Å². The molecule has 20 heavy (non-hydrogen) atoms. The maximum atomic E-state index is 12.4. The summed E-state index contributed by atoms with van der Waals surface area (Å²) in [5, 5.41) is 3.29. The number of nitrogens with zero attached hydrogens (tertiary/aromatic N) is 2. The first-order valence-electron chi connectivity index (χ1n) is 7.76. The lowest BCUT2D eigenvalue weighted by Gasteiger charge is -2.31. The number of aromatic nitrogens is 1. The number of carbonyl (C=O) groups is 1. The highest BCUT2D eigenvalue weighted by atomic mass is 16.1. The molecular formula is C16H25N3O. The molecule has 1 N–H and O–H groups in total. The van der Waals surface area contributed by atoms with Gasteiger partial charge in [0.25, 0.3) is 5.91 Å². The molecular weight excluding hydrogens is 250 g/mol. The molecule has 0 aromatic carbocycles. The number of nitrogens with one attached hydrogen (secondary N) is 1. The van der Waals surface area contributed by atoms with E-state index in [0.29, 0.717) is 0 Å². The molecule has 4 nitrogen and oxygen atoms in total. The first-order valence-corrected chi connectivity index (χ1v) is 7.76. The van der Waals surface area contributed by atoms with Crippen LogP contribution >= 0.6 is 0 Å². The van der Waals surface area contributed by atoms with Crippen LogP contribution in [-0.4, -0.2) is 40.5 Å². The van der Waals surface area contributed by atoms with Gasteiger partial charge in [-0.2, -0.15) is 0 Å². The van der Waals surface area contributed by atoms with E-state index >= 15 is 0 Å². The third kappa shape index (κ3) is 2.75. The van der Waals surface area contributed by atoms with Gasteiger partial charge in [-0.25, -0.2) is 0 Å². The van der Waals surface area contributed by atoms with Crippen LogP contribution in [0, 0.1) is 6.92 Å². The van der Waals surface area contributed by atoms with E-state index in [1.165, 1.54) is 32.4 Å². The summed E-state index contributed by atoms with van der Waals surface area (Å²) in [5.74, 6) is 0.0950. The predicted octanol–water partition coefficient (Wildman–Crippen LogP) is 2.08. The minimum atomic E-state index is 0.0523. The summed E-state index contributed by atoms with van der Waals surface area (Å²) in [5.41, 5.74) is 1.91. The second-order valence-corrected chi connectivity index (χ2v) is 6.50. The monoisotopic (exact) mass is 275 g/mol. The highest BCUT2D eigenvalue weighted by Crippen LogP contribution is 2.37. The Bertz CT molecular complexity index is 496. The van der Waals surface area contributed by atoms with Crippen LogP contribution in [0.25, 0.3) is 0 Å². The van der Waals surface area contributed by atoms with Crippen molar-refractivity contribution in [3.05, 3.63) is 23.5 Å². The SMILES string of the molecule is Cc1c(C(=O)NC2(CN3CCCCC3)CC2)ccn1C. The average molecular weight is 275 g/mol. The Kier molecular flexibility index (Phi) is 3.59. The first-order chi connectivity index (χ1) is 9.60. The number of carbonyl (C=O) groups excluding carboxylic acids is 1. The molecule has 1 saturated carbocycles. The second-order valence-electron chi connectivity index (χ2n) is 6.50. The summed E-state index contributed by atoms with van der Waals surface area (Å²) < 4.78 is 2.00. The predicted molar refractivity (Wildman–Crippen MR) is 79.9 cm³/mol. The lowest BCUT2D eigenvalue weighted by Crippen LogP contribution is -2.47. The van der Waals surface area contributed by atoms with Gasteiger partial charge in [0.15, 0.2) is 0 Å². The van der Waals surface area contributed by atoms with Crippen LogP contribution < -0.4 is 5.32 Å². The molecule has 4 heteroatoms. The van der Waals surface area contributed by atoms with E-state index in [-0.39, 0.29) is 11.4 Å². The van der Waals surface area contributed by atoms with Crippen molar-refractivity contribution in [1.82, 2.24) is 14.8 Å². The van der Waals surface area contributed by atoms with Crippen molar-refractivity contribution in [2.24, 2.45) is 7.05 Å². The molecule has 0 atom stereocenters. The molecule has 0 spiro atoms. The molecule has 2 aliphatic rings. The van der Waals surface area contributed by atoms with Gasteiger partial charge in [-0.15, -0.1) is 0 Å². The molecule has 3 rings (SSSR count). The second kappa shape index (κ2) is 5.24. The fraction of sp³-hybridized carbons (Fsp3) is 0.688. The van der Waals surface area contributed by atoms with Crippen LogP contribution in [0.15, 0.2) is 12.3 Å². The van der Waals surface area contributed by atoms with E-state index in [0.717, 1.165) is 30.6 Å². The smallest absolute Gasteiger partial charge is 0.253 e. The number of aryl methyl sites for hydroxylation is 1. The van der Waals surface area contributed by atoms with Crippen molar-refractivity contribution in [1.29, 1.82) is 0 Å². The normalized spacial score (nSPS) is 21.7. The van der Waals surface area contributed by atoms with Gasteiger partial charge >= 0.3 is 0 Å². The van der Waals surface area contributed by atoms with Gasteiger partial charge in [0.1, 0.15) is 0 Å². The number of hydrogen-bond acceptors (Lipinski definition) is 2. The number of rotatable bonds is 4. The lowest BCUT2D eigenvalue weighted by atomic mass is 10.1. The van der Waals surface area contributed by atoms with Gasteiger partial charge in [0, 0.05) is 25.5 Å². The topological polar surface area (TPSA) is 37.3 Å². The van der Waals surface area contributed by atoms with E-state index < -0.39 is 0 Å². The van der Waals surface area contributed by atoms with E-state index in [1.807, 2.05) is 30.8 Å². The average Bonchev–Trinajstić information content (AvgIpc) is 3.10. The molecule has 1 saturated heterocycles. The van der Waals surface area contributed by atoms with Crippen molar-refractivity contribution in [3.8, 4) is 0 Å². The number of amides is 1. The highest BCUT2D eigenvalue weighted by Gasteiger charge is 2.45. The zero-order chi connectivity index (χ0) is 14.2. The minimum absolute atomic E-state index is 0.0523. The van der Waals surface area contributed by atoms with Gasteiger partial charge in [0.05, 0.1) is 11.1 Å². The largest absolute Gasteiger partial charge is 0.354 e. The standard InChI is InChI=1S/C16H25N3O/c1-13-14(6-11-18(13)2)15(20)17-16(7-8-16)12-19-9-4-3-5-10-19/h6,11H,3-5,7-10,12H2,1-2H3,(H,17,20). The van der Waals surface area contributed by atoms with Crippen LogP contribution in [0.5, 0.6) is 0 Å². The summed E-state index contributed by atoms with van der Waals surface area (Å²) in [7, 11) is 1.98. The van der Waals surface area contributed by atoms with Crippen molar-refractivity contribution < 1.29 is 4.79 Å². The zero-order valence-electron chi connectivity index (χ0n) is 12.6. The molecule has 0 radical (unpaired) electrons. The molecule has 110 valence electrons. The van der Waals surface area contributed by atoms with Gasteiger partial charge < -0.3 is 14.8 Å². The zero-order valence-corrected chi connectivity index (χ0v) is 12.6. The Balaban J connectivity index is 1.61. The van der Waals surface area contributed by atoms with Crippen LogP contribution in [-0.2, 0) is 7.05 Å². The Morgan fingerprint density at radius 3 is 2.55 bits per heavy atom. The van der Waals surface area contributed by atoms with E-state index in [4.69, 9.17) is 0 Å². The molecule has 0 unspecified atom stereocenters. The van der Waals surface area contributed by atoms with Gasteiger partial charge in [-0.1, -0.05) is 6.42 Å². The van der Waals surface area contributed by atoms with Crippen LogP contribution in [0.1, 0.15) is 48.2 Å². The maximum Gasteiger partial charge on any atom is 0.253 e. The van der Waals surface area contributed by atoms with Gasteiger partial charge in [-0.05, 0) is 51.8 Å². The molecule has 2 heterocycles. The van der Waals surface area contributed by atoms with Crippen LogP contribution in [0.2, 0.25) is 0 Å². The number of piperidine rings is 1. The summed E-state index contributed by atoms with van der Waals surface area (Å²) in [4.78, 5) is 15.0. The molecule has 0 bridgehead atoms. The number of likely N-dealkylation sites (tertiary alicyclic amines) is 1. The summed E-state index contributed by atoms with van der Waals surface area (Å²) in [6.07, 6.45) is 8.18. The third-order valence-corrected chi connectivity index (χ3v) is 4.84. The summed E-state index contributed by atoms with van der Waals surface area (Å²) >= 11 is 0. The molecule has 1 aromatic heterocycles. The Morgan fingerprint density at radius 2 is 2.00 bits per heavy atom. The van der Waals surface area contributed by atoms with Crippen LogP contribution in [0.4, 0.5) is 0 Å². The molecule has 1 aliphatic heterocycles. The van der Waals surface area contributed by atoms with E-state index in [1.54, 1.807) is 0 Å². The van der Waals surface area contributed by atoms with Crippen molar-refractivity contribution in [2.45, 2.75) is 44.6 Å². The molecule has 2 fully saturated rings. The Morgan fingerprint density at radius 1 is 1.30 bits per heavy atom. The molecule has 1 amide bonds. The lowest BCUT2D eigenvalue weighted by molar-refractivity contribution is 0.0911. The maximum absolute atomic E-state index is 12.4. The fourth-order valence-electron chi connectivity index (χ4n) is 3.18. The first kappa shape index (κ1) is 13.7. The number of hydrogen-bond donors (Lipinski definition) is 1. The van der Waals surface area contributed by atoms with Crippen LogP contribution in [0.3, 0.4) is 0 Å². The third-order valence-electron chi connectivity index (χ3n) is 4.84. The van der Waals surface area contributed by atoms with E-state index in [2.05, 4.69) is 10.2 Å². The Labute approximate surface area is 121 Å². The van der Waals surface area contributed by atoms with Gasteiger partial charge in [-0.3, -0.25) is 4.79 Å². The summed E-state index contributed by atoms with van der Waals surface area (Å²) in [6, 6.07) is 1.92.